The summed E-state index contributed by atoms with van der Waals surface area (Å²) in [5.74, 6) is 0.910. The van der Waals surface area contributed by atoms with E-state index in [0.717, 1.165) is 11.1 Å². The quantitative estimate of drug-likeness (QED) is 0.706. The van der Waals surface area contributed by atoms with Gasteiger partial charge in [0.2, 0.25) is 0 Å². The molecule has 0 saturated heterocycles. The number of hydrogen-bond acceptors (Lipinski definition) is 3. The van der Waals surface area contributed by atoms with E-state index in [1.54, 1.807) is 36.5 Å². The molecule has 3 rings (SSSR count). The monoisotopic (exact) mass is 259 g/mol. The van der Waals surface area contributed by atoms with Gasteiger partial charge in [0.25, 0.3) is 0 Å². The van der Waals surface area contributed by atoms with Gasteiger partial charge < -0.3 is 10.8 Å². The number of aromatic nitrogens is 2. The minimum atomic E-state index is 0.213. The number of phenolic OH excluding ortho intramolecular Hbond substituents is 1. The van der Waals surface area contributed by atoms with Gasteiger partial charge in [-0.05, 0) is 36.4 Å². The highest BCUT2D eigenvalue weighted by Crippen LogP contribution is 2.27. The number of rotatable bonds is 1. The van der Waals surface area contributed by atoms with Gasteiger partial charge in [-0.1, -0.05) is 11.6 Å². The van der Waals surface area contributed by atoms with E-state index in [1.165, 1.54) is 0 Å². The molecule has 90 valence electrons. The summed E-state index contributed by atoms with van der Waals surface area (Å²) >= 11 is 6.09. The molecule has 0 aliphatic rings. The van der Waals surface area contributed by atoms with Crippen molar-refractivity contribution in [2.75, 3.05) is 5.73 Å². The van der Waals surface area contributed by atoms with Gasteiger partial charge >= 0.3 is 0 Å². The zero-order valence-corrected chi connectivity index (χ0v) is 10.1. The smallest absolute Gasteiger partial charge is 0.155 e. The molecule has 0 saturated carbocycles. The van der Waals surface area contributed by atoms with Crippen molar-refractivity contribution in [3.8, 4) is 17.1 Å². The molecule has 0 amide bonds. The van der Waals surface area contributed by atoms with Crippen LogP contribution in [0.2, 0.25) is 5.15 Å². The molecule has 0 bridgehead atoms. The number of aromatic hydroxyl groups is 1. The Balaban J connectivity index is 2.28. The summed E-state index contributed by atoms with van der Waals surface area (Å²) in [6, 6.07) is 10.4. The number of imidazole rings is 1. The molecule has 2 aromatic heterocycles. The summed E-state index contributed by atoms with van der Waals surface area (Å²) in [6.07, 6.45) is 1.77. The van der Waals surface area contributed by atoms with Crippen molar-refractivity contribution in [3.63, 3.8) is 0 Å². The van der Waals surface area contributed by atoms with Gasteiger partial charge in [-0.15, -0.1) is 0 Å². The lowest BCUT2D eigenvalue weighted by molar-refractivity contribution is 0.475. The average molecular weight is 260 g/mol. The van der Waals surface area contributed by atoms with Crippen molar-refractivity contribution in [1.29, 1.82) is 0 Å². The third kappa shape index (κ3) is 1.67. The van der Waals surface area contributed by atoms with Crippen molar-refractivity contribution in [2.24, 2.45) is 0 Å². The zero-order valence-electron chi connectivity index (χ0n) is 9.34. The van der Waals surface area contributed by atoms with Gasteiger partial charge in [0.05, 0.1) is 5.52 Å². The van der Waals surface area contributed by atoms with Crippen LogP contribution in [0.15, 0.2) is 42.6 Å². The lowest BCUT2D eigenvalue weighted by Gasteiger charge is -2.02. The molecule has 0 unspecified atom stereocenters. The Morgan fingerprint density at radius 2 is 1.83 bits per heavy atom. The van der Waals surface area contributed by atoms with E-state index in [9.17, 15) is 5.11 Å². The molecule has 0 aliphatic heterocycles. The lowest BCUT2D eigenvalue weighted by atomic mass is 10.2. The first-order valence-corrected chi connectivity index (χ1v) is 5.75. The SMILES string of the molecule is Nc1ccc2c(Cl)nc(-c3ccc(O)cc3)n2c1. The second kappa shape index (κ2) is 3.92. The molecule has 0 aliphatic carbocycles. The number of nitrogens with two attached hydrogens (primary N) is 1. The Kier molecular flexibility index (Phi) is 2.38. The predicted octanol–water partition coefficient (Wildman–Crippen LogP) is 2.94. The first-order chi connectivity index (χ1) is 8.65. The van der Waals surface area contributed by atoms with Crippen LogP contribution in [0.5, 0.6) is 5.75 Å². The maximum Gasteiger partial charge on any atom is 0.155 e. The molecule has 18 heavy (non-hydrogen) atoms. The third-order valence-electron chi connectivity index (χ3n) is 2.74. The standard InChI is InChI=1S/C13H10ClN3O/c14-12-11-6-3-9(15)7-17(11)13(16-12)8-1-4-10(18)5-2-8/h1-7,18H,15H2. The van der Waals surface area contributed by atoms with Crippen molar-refractivity contribution < 1.29 is 5.11 Å². The number of hydrogen-bond donors (Lipinski definition) is 2. The number of anilines is 1. The summed E-state index contributed by atoms with van der Waals surface area (Å²) in [4.78, 5) is 4.32. The molecule has 0 atom stereocenters. The average Bonchev–Trinajstić information content (AvgIpc) is 2.67. The van der Waals surface area contributed by atoms with Crippen molar-refractivity contribution in [3.05, 3.63) is 47.7 Å². The van der Waals surface area contributed by atoms with Gasteiger partial charge in [0, 0.05) is 17.4 Å². The molecule has 1 aromatic carbocycles. The highest BCUT2D eigenvalue weighted by Gasteiger charge is 2.11. The fourth-order valence-corrected chi connectivity index (χ4v) is 2.11. The molecule has 2 heterocycles. The summed E-state index contributed by atoms with van der Waals surface area (Å²) in [7, 11) is 0. The van der Waals surface area contributed by atoms with Crippen LogP contribution < -0.4 is 5.73 Å². The molecule has 0 fully saturated rings. The lowest BCUT2D eigenvalue weighted by Crippen LogP contribution is -1.92. The van der Waals surface area contributed by atoms with Crippen LogP contribution in [0.3, 0.4) is 0 Å². The normalized spacial score (nSPS) is 10.9. The molecule has 4 nitrogen and oxygen atoms in total. The van der Waals surface area contributed by atoms with Crippen molar-refractivity contribution in [2.45, 2.75) is 0 Å². The largest absolute Gasteiger partial charge is 0.508 e. The molecular weight excluding hydrogens is 250 g/mol. The van der Waals surface area contributed by atoms with Crippen LogP contribution in [0.25, 0.3) is 16.9 Å². The Morgan fingerprint density at radius 3 is 2.56 bits per heavy atom. The zero-order chi connectivity index (χ0) is 12.7. The highest BCUT2D eigenvalue weighted by atomic mass is 35.5. The Bertz CT molecular complexity index is 719. The minimum Gasteiger partial charge on any atom is -0.508 e. The first-order valence-electron chi connectivity index (χ1n) is 5.37. The van der Waals surface area contributed by atoms with Gasteiger partial charge in [0.15, 0.2) is 5.15 Å². The Morgan fingerprint density at radius 1 is 1.11 bits per heavy atom. The fourth-order valence-electron chi connectivity index (χ4n) is 1.88. The topological polar surface area (TPSA) is 63.5 Å². The first kappa shape index (κ1) is 10.9. The van der Waals surface area contributed by atoms with E-state index in [1.807, 2.05) is 10.5 Å². The second-order valence-corrected chi connectivity index (χ2v) is 4.35. The minimum absolute atomic E-state index is 0.213. The number of pyridine rings is 1. The van der Waals surface area contributed by atoms with Crippen LogP contribution in [-0.4, -0.2) is 14.5 Å². The molecule has 3 aromatic rings. The number of nitrogen functional groups attached to an aromatic ring is 1. The third-order valence-corrected chi connectivity index (χ3v) is 3.02. The molecule has 0 radical (unpaired) electrons. The number of halogens is 1. The second-order valence-electron chi connectivity index (χ2n) is 3.99. The molecular formula is C13H10ClN3O. The van der Waals surface area contributed by atoms with E-state index in [2.05, 4.69) is 4.98 Å². The predicted molar refractivity (Wildman–Crippen MR) is 71.7 cm³/mol. The number of nitrogens with zero attached hydrogens (tertiary/aromatic N) is 2. The van der Waals surface area contributed by atoms with Crippen molar-refractivity contribution >= 4 is 22.8 Å². The molecule has 5 heteroatoms. The number of benzene rings is 1. The Hall–Kier alpha value is -2.20. The van der Waals surface area contributed by atoms with Crippen LogP contribution in [0, 0.1) is 0 Å². The van der Waals surface area contributed by atoms with E-state index in [-0.39, 0.29) is 5.75 Å². The van der Waals surface area contributed by atoms with Gasteiger partial charge in [-0.3, -0.25) is 4.40 Å². The fraction of sp³-hybridized carbons (Fsp3) is 0. The number of fused-ring (bicyclic) bond motifs is 1. The van der Waals surface area contributed by atoms with Crippen LogP contribution in [0.4, 0.5) is 5.69 Å². The number of phenols is 1. The van der Waals surface area contributed by atoms with Crippen LogP contribution in [0.1, 0.15) is 0 Å². The molecule has 3 N–H and O–H groups in total. The highest BCUT2D eigenvalue weighted by molar-refractivity contribution is 6.32. The summed E-state index contributed by atoms with van der Waals surface area (Å²) in [5, 5.41) is 9.72. The summed E-state index contributed by atoms with van der Waals surface area (Å²) in [6.45, 7) is 0. The molecule has 0 spiro atoms. The van der Waals surface area contributed by atoms with Gasteiger partial charge in [-0.25, -0.2) is 4.98 Å². The van der Waals surface area contributed by atoms with Crippen LogP contribution in [-0.2, 0) is 0 Å². The maximum absolute atomic E-state index is 9.29. The summed E-state index contributed by atoms with van der Waals surface area (Å²) < 4.78 is 1.84. The maximum atomic E-state index is 9.29. The Labute approximate surface area is 108 Å². The van der Waals surface area contributed by atoms with Crippen LogP contribution >= 0.6 is 11.6 Å². The van der Waals surface area contributed by atoms with E-state index < -0.39 is 0 Å². The summed E-state index contributed by atoms with van der Waals surface area (Å²) in [5.41, 5.74) is 8.07. The van der Waals surface area contributed by atoms with Crippen molar-refractivity contribution in [1.82, 2.24) is 9.38 Å². The van der Waals surface area contributed by atoms with E-state index in [0.29, 0.717) is 16.7 Å². The van der Waals surface area contributed by atoms with E-state index >= 15 is 0 Å². The van der Waals surface area contributed by atoms with E-state index in [4.69, 9.17) is 17.3 Å². The van der Waals surface area contributed by atoms with Gasteiger partial charge in [-0.2, -0.15) is 0 Å². The van der Waals surface area contributed by atoms with Gasteiger partial charge in [0.1, 0.15) is 11.6 Å².